The second-order valence-corrected chi connectivity index (χ2v) is 7.91. The molecule has 0 aliphatic heterocycles. The molecule has 0 bridgehead atoms. The van der Waals surface area contributed by atoms with Crippen molar-refractivity contribution in [3.8, 4) is 5.69 Å². The fourth-order valence-corrected chi connectivity index (χ4v) is 3.91. The maximum Gasteiger partial charge on any atom is 0.416 e. The predicted octanol–water partition coefficient (Wildman–Crippen LogP) is 3.64. The van der Waals surface area contributed by atoms with Crippen molar-refractivity contribution in [3.05, 3.63) is 82.8 Å². The minimum atomic E-state index is -4.55. The molecule has 0 aliphatic carbocycles. The van der Waals surface area contributed by atoms with Crippen LogP contribution in [0, 0.1) is 13.8 Å². The zero-order valence-corrected chi connectivity index (χ0v) is 18.9. The minimum Gasteiger partial charge on any atom is -0.350 e. The van der Waals surface area contributed by atoms with Gasteiger partial charge in [-0.15, -0.1) is 0 Å². The van der Waals surface area contributed by atoms with Gasteiger partial charge in [0.2, 0.25) is 0 Å². The van der Waals surface area contributed by atoms with Gasteiger partial charge in [0.1, 0.15) is 0 Å². The summed E-state index contributed by atoms with van der Waals surface area (Å²) >= 11 is 0. The van der Waals surface area contributed by atoms with Crippen LogP contribution in [0.25, 0.3) is 16.6 Å². The van der Waals surface area contributed by atoms with Gasteiger partial charge in [-0.3, -0.25) is 25.2 Å². The van der Waals surface area contributed by atoms with Crippen LogP contribution in [0.15, 0.2) is 54.7 Å². The number of hydrogen-bond donors (Lipinski definition) is 2. The average molecular weight is 483 g/mol. The number of carbonyl (C=O) groups is 3. The van der Waals surface area contributed by atoms with E-state index in [4.69, 9.17) is 0 Å². The first kappa shape index (κ1) is 23.7. The van der Waals surface area contributed by atoms with Crippen molar-refractivity contribution >= 4 is 28.5 Å². The van der Waals surface area contributed by atoms with Crippen molar-refractivity contribution in [1.29, 1.82) is 0 Å². The number of amides is 2. The molecule has 0 aliphatic rings. The minimum absolute atomic E-state index is 0.0701. The summed E-state index contributed by atoms with van der Waals surface area (Å²) in [5.41, 5.74) is 4.94. The Labute approximate surface area is 197 Å². The summed E-state index contributed by atoms with van der Waals surface area (Å²) in [7, 11) is 1.77. The van der Waals surface area contributed by atoms with E-state index in [1.807, 2.05) is 12.1 Å². The molecule has 0 saturated heterocycles. The fourth-order valence-electron chi connectivity index (χ4n) is 3.91. The smallest absolute Gasteiger partial charge is 0.350 e. The average Bonchev–Trinajstić information content (AvgIpc) is 3.32. The number of aromatic nitrogens is 3. The lowest BCUT2D eigenvalue weighted by Gasteiger charge is -2.10. The molecular weight excluding hydrogens is 463 g/mol. The number of alkyl halides is 3. The van der Waals surface area contributed by atoms with Gasteiger partial charge in [-0.1, -0.05) is 24.3 Å². The number of para-hydroxylation sites is 1. The number of carbonyl (C=O) groups excluding carboxylic acids is 3. The molecule has 2 amide bonds. The normalized spacial score (nSPS) is 11.5. The van der Waals surface area contributed by atoms with Crippen molar-refractivity contribution < 1.29 is 27.6 Å². The van der Waals surface area contributed by atoms with Crippen LogP contribution in [-0.4, -0.2) is 31.9 Å². The molecule has 2 N–H and O–H groups in total. The van der Waals surface area contributed by atoms with Crippen molar-refractivity contribution in [2.75, 3.05) is 0 Å². The third-order valence-electron chi connectivity index (χ3n) is 5.57. The first-order valence-electron chi connectivity index (χ1n) is 10.4. The Morgan fingerprint density at radius 2 is 1.69 bits per heavy atom. The van der Waals surface area contributed by atoms with Crippen LogP contribution in [0.4, 0.5) is 13.2 Å². The zero-order valence-electron chi connectivity index (χ0n) is 18.9. The largest absolute Gasteiger partial charge is 0.416 e. The topological polar surface area (TPSA) is 98.0 Å². The van der Waals surface area contributed by atoms with E-state index in [1.54, 1.807) is 29.9 Å². The van der Waals surface area contributed by atoms with E-state index < -0.39 is 29.3 Å². The van der Waals surface area contributed by atoms with E-state index in [9.17, 15) is 27.6 Å². The van der Waals surface area contributed by atoms with E-state index in [0.717, 1.165) is 17.6 Å². The lowest BCUT2D eigenvalue weighted by Crippen LogP contribution is -2.45. The van der Waals surface area contributed by atoms with Crippen LogP contribution < -0.4 is 10.9 Å². The number of halogens is 3. The highest BCUT2D eigenvalue weighted by atomic mass is 19.4. The van der Waals surface area contributed by atoms with Gasteiger partial charge in [0, 0.05) is 24.1 Å². The van der Waals surface area contributed by atoms with Gasteiger partial charge >= 0.3 is 12.1 Å². The lowest BCUT2D eigenvalue weighted by molar-refractivity contribution is -0.137. The molecule has 2 aromatic heterocycles. The van der Waals surface area contributed by atoms with E-state index in [2.05, 4.69) is 16.0 Å². The number of nitrogens with zero attached hydrogens (tertiary/aromatic N) is 3. The number of hydrogen-bond acceptors (Lipinski definition) is 4. The van der Waals surface area contributed by atoms with Crippen LogP contribution in [0.5, 0.6) is 0 Å². The highest BCUT2D eigenvalue weighted by Gasteiger charge is 2.31. The number of fused-ring (bicyclic) bond motifs is 1. The molecule has 4 aromatic rings. The molecule has 11 heteroatoms. The summed E-state index contributed by atoms with van der Waals surface area (Å²) in [5, 5.41) is 4.81. The summed E-state index contributed by atoms with van der Waals surface area (Å²) < 4.78 is 42.2. The van der Waals surface area contributed by atoms with Crippen molar-refractivity contribution in [3.63, 3.8) is 0 Å². The number of hydrazine groups is 1. The highest BCUT2D eigenvalue weighted by Crippen LogP contribution is 2.31. The molecule has 2 heterocycles. The summed E-state index contributed by atoms with van der Waals surface area (Å²) in [6.07, 6.45) is -2.95. The molecule has 0 unspecified atom stereocenters. The summed E-state index contributed by atoms with van der Waals surface area (Å²) in [6.45, 7) is 2.93. The summed E-state index contributed by atoms with van der Waals surface area (Å²) in [4.78, 5) is 38.0. The second-order valence-electron chi connectivity index (χ2n) is 7.91. The zero-order chi connectivity index (χ0) is 25.5. The van der Waals surface area contributed by atoms with Gasteiger partial charge in [0.15, 0.2) is 0 Å². The number of Topliss-reactive ketones (excluding diaryl/α,β-unsaturated/α-hetero) is 1. The van der Waals surface area contributed by atoms with Crippen molar-refractivity contribution in [2.24, 2.45) is 7.05 Å². The molecule has 0 spiro atoms. The molecule has 8 nitrogen and oxygen atoms in total. The van der Waals surface area contributed by atoms with Crippen molar-refractivity contribution in [2.45, 2.75) is 20.0 Å². The molecule has 35 heavy (non-hydrogen) atoms. The maximum absolute atomic E-state index is 13.1. The van der Waals surface area contributed by atoms with Gasteiger partial charge in [0.25, 0.3) is 11.7 Å². The molecule has 2 aromatic carbocycles. The molecule has 0 fully saturated rings. The van der Waals surface area contributed by atoms with Crippen LogP contribution in [-0.2, 0) is 18.0 Å². The first-order chi connectivity index (χ1) is 16.5. The van der Waals surface area contributed by atoms with E-state index in [-0.39, 0.29) is 22.6 Å². The van der Waals surface area contributed by atoms with Gasteiger partial charge in [-0.25, -0.2) is 4.68 Å². The fraction of sp³-hybridized carbons (Fsp3) is 0.167. The Morgan fingerprint density at radius 1 is 0.971 bits per heavy atom. The molecular formula is C24H20F3N5O3. The van der Waals surface area contributed by atoms with Crippen LogP contribution >= 0.6 is 0 Å². The third kappa shape index (κ3) is 4.39. The summed E-state index contributed by atoms with van der Waals surface area (Å²) in [6, 6.07) is 11.7. The Bertz CT molecular complexity index is 1480. The third-order valence-corrected chi connectivity index (χ3v) is 5.57. The Morgan fingerprint density at radius 3 is 2.40 bits per heavy atom. The number of ketones is 1. The Kier molecular flexibility index (Phi) is 5.93. The Balaban J connectivity index is 1.53. The molecule has 180 valence electrons. The molecule has 0 atom stereocenters. The Hall–Kier alpha value is -4.41. The predicted molar refractivity (Wildman–Crippen MR) is 121 cm³/mol. The van der Waals surface area contributed by atoms with Crippen LogP contribution in [0.1, 0.15) is 37.7 Å². The number of aryl methyl sites for hydroxylation is 2. The summed E-state index contributed by atoms with van der Waals surface area (Å²) in [5.74, 6) is -2.72. The molecule has 0 radical (unpaired) electrons. The van der Waals surface area contributed by atoms with Gasteiger partial charge in [-0.2, -0.15) is 18.3 Å². The van der Waals surface area contributed by atoms with Gasteiger partial charge in [-0.05, 0) is 38.1 Å². The first-order valence-corrected chi connectivity index (χ1v) is 10.4. The standard InChI is InChI=1S/C24H20F3N5O3/c1-13-20(14(2)32(30-13)16-8-6-7-15(11-16)24(25,26)27)21(33)23(35)29-28-22(34)18-12-31(3)19-10-5-4-9-17(18)19/h4-12H,1-3H3,(H,28,34)(H,29,35). The SMILES string of the molecule is Cc1nn(-c2cccc(C(F)(F)F)c2)c(C)c1C(=O)C(=O)NNC(=O)c1cn(C)c2ccccc12. The quantitative estimate of drug-likeness (QED) is 0.263. The van der Waals surface area contributed by atoms with Gasteiger partial charge < -0.3 is 4.57 Å². The molecule has 4 rings (SSSR count). The second kappa shape index (κ2) is 8.75. The highest BCUT2D eigenvalue weighted by molar-refractivity contribution is 6.43. The molecule has 0 saturated carbocycles. The van der Waals surface area contributed by atoms with E-state index in [0.29, 0.717) is 10.9 Å². The number of nitrogens with one attached hydrogen (secondary N) is 2. The maximum atomic E-state index is 13.1. The van der Waals surface area contributed by atoms with Crippen LogP contribution in [0.2, 0.25) is 0 Å². The van der Waals surface area contributed by atoms with Crippen LogP contribution in [0.3, 0.4) is 0 Å². The van der Waals surface area contributed by atoms with Gasteiger partial charge in [0.05, 0.1) is 33.8 Å². The monoisotopic (exact) mass is 483 g/mol. The number of benzene rings is 2. The van der Waals surface area contributed by atoms with E-state index in [1.165, 1.54) is 30.7 Å². The number of rotatable bonds is 4. The van der Waals surface area contributed by atoms with Crippen molar-refractivity contribution in [1.82, 2.24) is 25.2 Å². The lowest BCUT2D eigenvalue weighted by atomic mass is 10.1. The van der Waals surface area contributed by atoms with E-state index >= 15 is 0 Å².